The van der Waals surface area contributed by atoms with Gasteiger partial charge in [-0.3, -0.25) is 9.59 Å². The summed E-state index contributed by atoms with van der Waals surface area (Å²) < 4.78 is 0. The lowest BCUT2D eigenvalue weighted by Crippen LogP contribution is -2.27. The lowest BCUT2D eigenvalue weighted by molar-refractivity contribution is -0.125. The molecule has 1 aliphatic carbocycles. The normalized spacial score (nSPS) is 18.8. The van der Waals surface area contributed by atoms with E-state index in [0.29, 0.717) is 23.7 Å². The van der Waals surface area contributed by atoms with Gasteiger partial charge in [-0.05, 0) is 37.1 Å². The SMILES string of the molecule is Cc1ccc(CNC(=O)C2CC2C(=O)Nc2cccc(Cl)c2)cc1. The quantitative estimate of drug-likeness (QED) is 0.873. The smallest absolute Gasteiger partial charge is 0.228 e. The van der Waals surface area contributed by atoms with Crippen LogP contribution in [0.3, 0.4) is 0 Å². The third-order valence-corrected chi connectivity index (χ3v) is 4.38. The molecule has 0 aromatic heterocycles. The molecule has 124 valence electrons. The highest BCUT2D eigenvalue weighted by atomic mass is 35.5. The second-order valence-electron chi connectivity index (χ2n) is 6.15. The van der Waals surface area contributed by atoms with Gasteiger partial charge >= 0.3 is 0 Å². The van der Waals surface area contributed by atoms with Gasteiger partial charge in [0.15, 0.2) is 0 Å². The maximum Gasteiger partial charge on any atom is 0.228 e. The minimum atomic E-state index is -0.262. The summed E-state index contributed by atoms with van der Waals surface area (Å²) in [5.41, 5.74) is 2.89. The molecular formula is C19H19ClN2O2. The van der Waals surface area contributed by atoms with Gasteiger partial charge in [0.1, 0.15) is 0 Å². The van der Waals surface area contributed by atoms with Crippen molar-refractivity contribution in [2.24, 2.45) is 11.8 Å². The predicted octanol–water partition coefficient (Wildman–Crippen LogP) is 3.54. The third-order valence-electron chi connectivity index (χ3n) is 4.14. The second kappa shape index (κ2) is 7.05. The molecule has 0 saturated heterocycles. The van der Waals surface area contributed by atoms with E-state index >= 15 is 0 Å². The summed E-state index contributed by atoms with van der Waals surface area (Å²) in [7, 11) is 0. The fraction of sp³-hybridized carbons (Fsp3) is 0.263. The van der Waals surface area contributed by atoms with Crippen LogP contribution in [-0.4, -0.2) is 11.8 Å². The summed E-state index contributed by atoms with van der Waals surface area (Å²) in [6.45, 7) is 2.51. The first-order valence-electron chi connectivity index (χ1n) is 7.92. The van der Waals surface area contributed by atoms with Crippen molar-refractivity contribution in [2.75, 3.05) is 5.32 Å². The van der Waals surface area contributed by atoms with E-state index in [9.17, 15) is 9.59 Å². The van der Waals surface area contributed by atoms with Crippen molar-refractivity contribution in [3.8, 4) is 0 Å². The van der Waals surface area contributed by atoms with Gasteiger partial charge in [-0.2, -0.15) is 0 Å². The fourth-order valence-corrected chi connectivity index (χ4v) is 2.79. The first-order valence-corrected chi connectivity index (χ1v) is 8.30. The number of carbonyl (C=O) groups is 2. The molecule has 2 atom stereocenters. The summed E-state index contributed by atoms with van der Waals surface area (Å²) in [5, 5.41) is 6.27. The topological polar surface area (TPSA) is 58.2 Å². The standard InChI is InChI=1S/C19H19ClN2O2/c1-12-5-7-13(8-6-12)11-21-18(23)16-10-17(16)19(24)22-15-4-2-3-14(20)9-15/h2-9,16-17H,10-11H2,1H3,(H,21,23)(H,22,24). The average molecular weight is 343 g/mol. The van der Waals surface area contributed by atoms with E-state index in [0.717, 1.165) is 5.56 Å². The van der Waals surface area contributed by atoms with Crippen LogP contribution in [0.5, 0.6) is 0 Å². The fourth-order valence-electron chi connectivity index (χ4n) is 2.60. The lowest BCUT2D eigenvalue weighted by Gasteiger charge is -2.07. The van der Waals surface area contributed by atoms with Gasteiger partial charge in [0.05, 0.1) is 11.8 Å². The van der Waals surface area contributed by atoms with Gasteiger partial charge in [0, 0.05) is 17.3 Å². The van der Waals surface area contributed by atoms with Gasteiger partial charge in [0.2, 0.25) is 11.8 Å². The van der Waals surface area contributed by atoms with Crippen LogP contribution in [0.1, 0.15) is 17.5 Å². The van der Waals surface area contributed by atoms with Crippen molar-refractivity contribution in [1.29, 1.82) is 0 Å². The Morgan fingerprint density at radius 2 is 1.79 bits per heavy atom. The Bertz CT molecular complexity index is 758. The molecule has 0 spiro atoms. The molecule has 0 radical (unpaired) electrons. The first-order chi connectivity index (χ1) is 11.5. The van der Waals surface area contributed by atoms with Crippen molar-refractivity contribution in [2.45, 2.75) is 19.9 Å². The molecule has 2 unspecified atom stereocenters. The maximum atomic E-state index is 12.2. The summed E-state index contributed by atoms with van der Waals surface area (Å²) in [6.07, 6.45) is 0.589. The van der Waals surface area contributed by atoms with E-state index in [1.807, 2.05) is 31.2 Å². The van der Waals surface area contributed by atoms with Gasteiger partial charge in [-0.15, -0.1) is 0 Å². The first kappa shape index (κ1) is 16.5. The minimum absolute atomic E-state index is 0.0678. The predicted molar refractivity (Wildman–Crippen MR) is 94.7 cm³/mol. The zero-order valence-electron chi connectivity index (χ0n) is 13.4. The van der Waals surface area contributed by atoms with Crippen LogP contribution in [0.15, 0.2) is 48.5 Å². The molecule has 4 nitrogen and oxygen atoms in total. The van der Waals surface area contributed by atoms with Crippen LogP contribution >= 0.6 is 11.6 Å². The van der Waals surface area contributed by atoms with E-state index in [4.69, 9.17) is 11.6 Å². The Balaban J connectivity index is 1.48. The highest BCUT2D eigenvalue weighted by Gasteiger charge is 2.47. The monoisotopic (exact) mass is 342 g/mol. The molecule has 0 heterocycles. The van der Waals surface area contributed by atoms with E-state index in [1.165, 1.54) is 5.56 Å². The Hall–Kier alpha value is -2.33. The van der Waals surface area contributed by atoms with Crippen LogP contribution in [0, 0.1) is 18.8 Å². The van der Waals surface area contributed by atoms with Crippen molar-refractivity contribution >= 4 is 29.1 Å². The highest BCUT2D eigenvalue weighted by Crippen LogP contribution is 2.39. The molecule has 24 heavy (non-hydrogen) atoms. The molecular weight excluding hydrogens is 324 g/mol. The molecule has 3 rings (SSSR count). The van der Waals surface area contributed by atoms with E-state index in [2.05, 4.69) is 10.6 Å². The number of amides is 2. The van der Waals surface area contributed by atoms with Crippen molar-refractivity contribution in [3.05, 3.63) is 64.7 Å². The maximum absolute atomic E-state index is 12.2. The van der Waals surface area contributed by atoms with Crippen LogP contribution in [-0.2, 0) is 16.1 Å². The van der Waals surface area contributed by atoms with E-state index in [-0.39, 0.29) is 23.7 Å². The van der Waals surface area contributed by atoms with Gasteiger partial charge in [-0.1, -0.05) is 47.5 Å². The van der Waals surface area contributed by atoms with Crippen molar-refractivity contribution in [1.82, 2.24) is 5.32 Å². The molecule has 0 aliphatic heterocycles. The van der Waals surface area contributed by atoms with E-state index < -0.39 is 0 Å². The number of carbonyl (C=O) groups excluding carboxylic acids is 2. The molecule has 1 aliphatic rings. The van der Waals surface area contributed by atoms with Crippen LogP contribution in [0.4, 0.5) is 5.69 Å². The Morgan fingerprint density at radius 1 is 1.08 bits per heavy atom. The molecule has 5 heteroatoms. The number of aryl methyl sites for hydroxylation is 1. The molecule has 2 N–H and O–H groups in total. The summed E-state index contributed by atoms with van der Waals surface area (Å²) >= 11 is 5.90. The van der Waals surface area contributed by atoms with Crippen molar-refractivity contribution < 1.29 is 9.59 Å². The summed E-state index contributed by atoms with van der Waals surface area (Å²) in [5.74, 6) is -0.703. The summed E-state index contributed by atoms with van der Waals surface area (Å²) in [6, 6.07) is 15.0. The number of rotatable bonds is 5. The molecule has 0 bridgehead atoms. The number of hydrogen-bond donors (Lipinski definition) is 2. The van der Waals surface area contributed by atoms with Crippen LogP contribution < -0.4 is 10.6 Å². The largest absolute Gasteiger partial charge is 0.352 e. The highest BCUT2D eigenvalue weighted by molar-refractivity contribution is 6.30. The van der Waals surface area contributed by atoms with Gasteiger partial charge in [-0.25, -0.2) is 0 Å². The van der Waals surface area contributed by atoms with Gasteiger partial charge in [0.25, 0.3) is 0 Å². The number of nitrogens with one attached hydrogen (secondary N) is 2. The molecule has 2 amide bonds. The average Bonchev–Trinajstić information content (AvgIpc) is 3.35. The summed E-state index contributed by atoms with van der Waals surface area (Å²) in [4.78, 5) is 24.3. The van der Waals surface area contributed by atoms with Crippen molar-refractivity contribution in [3.63, 3.8) is 0 Å². The van der Waals surface area contributed by atoms with Crippen LogP contribution in [0.2, 0.25) is 5.02 Å². The van der Waals surface area contributed by atoms with Crippen LogP contribution in [0.25, 0.3) is 0 Å². The second-order valence-corrected chi connectivity index (χ2v) is 6.59. The number of hydrogen-bond acceptors (Lipinski definition) is 2. The van der Waals surface area contributed by atoms with E-state index in [1.54, 1.807) is 24.3 Å². The van der Waals surface area contributed by atoms with Gasteiger partial charge < -0.3 is 10.6 Å². The molecule has 1 fully saturated rings. The number of halogens is 1. The number of benzene rings is 2. The Kier molecular flexibility index (Phi) is 4.86. The molecule has 2 aromatic carbocycles. The molecule has 2 aromatic rings. The zero-order chi connectivity index (χ0) is 17.1. The number of anilines is 1. The molecule has 1 saturated carbocycles. The lowest BCUT2D eigenvalue weighted by atomic mass is 10.1. The third kappa shape index (κ3) is 4.15. The zero-order valence-corrected chi connectivity index (χ0v) is 14.1. The Labute approximate surface area is 146 Å². The minimum Gasteiger partial charge on any atom is -0.352 e. The Morgan fingerprint density at radius 3 is 2.50 bits per heavy atom.